The summed E-state index contributed by atoms with van der Waals surface area (Å²) >= 11 is 0. The number of aliphatic hydroxyl groups excluding tert-OH is 1. The highest BCUT2D eigenvalue weighted by Crippen LogP contribution is 2.47. The molecule has 4 heterocycles. The summed E-state index contributed by atoms with van der Waals surface area (Å²) in [6.07, 6.45) is 5.95. The monoisotopic (exact) mass is 593 g/mol. The fourth-order valence-electron chi connectivity index (χ4n) is 6.29. The number of anilines is 1. The first kappa shape index (κ1) is 28.1. The largest absolute Gasteiger partial charge is 0.491 e. The smallest absolute Gasteiger partial charge is 0.319 e. The molecule has 3 N–H and O–H groups in total. The van der Waals surface area contributed by atoms with Crippen molar-refractivity contribution in [2.75, 3.05) is 45.2 Å². The molecular weight excluding hydrogens is 558 g/mol. The highest BCUT2D eigenvalue weighted by atomic mass is 16.5. The Balaban J connectivity index is 1.23. The van der Waals surface area contributed by atoms with E-state index in [1.54, 1.807) is 48.3 Å². The Labute approximate surface area is 255 Å². The molecule has 44 heavy (non-hydrogen) atoms. The number of amides is 3. The summed E-state index contributed by atoms with van der Waals surface area (Å²) in [5.41, 5.74) is 6.14. The van der Waals surface area contributed by atoms with Crippen LogP contribution in [0.5, 0.6) is 5.75 Å². The molecule has 10 nitrogen and oxygen atoms in total. The molecule has 2 aromatic heterocycles. The normalized spacial score (nSPS) is 17.5. The number of aromatic nitrogens is 2. The maximum Gasteiger partial charge on any atom is 0.319 e. The Morgan fingerprint density at radius 2 is 1.93 bits per heavy atom. The third kappa shape index (κ3) is 4.80. The van der Waals surface area contributed by atoms with Crippen LogP contribution in [0.4, 0.5) is 10.5 Å². The van der Waals surface area contributed by atoms with Crippen LogP contribution >= 0.6 is 0 Å². The van der Waals surface area contributed by atoms with Crippen LogP contribution in [0.25, 0.3) is 27.7 Å². The lowest BCUT2D eigenvalue weighted by atomic mass is 9.95. The van der Waals surface area contributed by atoms with E-state index in [9.17, 15) is 19.8 Å². The van der Waals surface area contributed by atoms with Crippen LogP contribution in [0.3, 0.4) is 0 Å². The lowest BCUT2D eigenvalue weighted by Gasteiger charge is -2.28. The van der Waals surface area contributed by atoms with Crippen LogP contribution < -0.4 is 9.64 Å². The van der Waals surface area contributed by atoms with E-state index >= 15 is 0 Å². The topological polar surface area (TPSA) is 122 Å². The average Bonchev–Trinajstić information content (AvgIpc) is 3.69. The lowest BCUT2D eigenvalue weighted by Crippen LogP contribution is -2.41. The molecule has 0 saturated heterocycles. The van der Waals surface area contributed by atoms with Gasteiger partial charge in [-0.25, -0.2) is 9.78 Å². The Hall–Kier alpha value is -4.67. The van der Waals surface area contributed by atoms with Gasteiger partial charge in [-0.1, -0.05) is 24.3 Å². The van der Waals surface area contributed by atoms with E-state index in [0.29, 0.717) is 55.0 Å². The van der Waals surface area contributed by atoms with Crippen molar-refractivity contribution in [3.05, 3.63) is 83.2 Å². The van der Waals surface area contributed by atoms with E-state index in [-0.39, 0.29) is 25.2 Å². The van der Waals surface area contributed by atoms with Crippen molar-refractivity contribution >= 4 is 34.2 Å². The molecule has 3 amide bonds. The summed E-state index contributed by atoms with van der Waals surface area (Å²) in [4.78, 5) is 39.4. The molecule has 2 aromatic carbocycles. The first-order chi connectivity index (χ1) is 21.3. The Morgan fingerprint density at radius 3 is 2.66 bits per heavy atom. The van der Waals surface area contributed by atoms with Gasteiger partial charge >= 0.3 is 6.03 Å². The molecule has 226 valence electrons. The number of aliphatic hydroxyl groups is 2. The van der Waals surface area contributed by atoms with E-state index in [0.717, 1.165) is 45.4 Å². The predicted octanol–water partition coefficient (Wildman–Crippen LogP) is 4.51. The predicted molar refractivity (Wildman–Crippen MR) is 167 cm³/mol. The maximum atomic E-state index is 13.9. The summed E-state index contributed by atoms with van der Waals surface area (Å²) in [7, 11) is 3.52. The second kappa shape index (κ2) is 10.8. The first-order valence-corrected chi connectivity index (χ1v) is 15.0. The summed E-state index contributed by atoms with van der Waals surface area (Å²) in [6, 6.07) is 15.0. The van der Waals surface area contributed by atoms with E-state index < -0.39 is 5.60 Å². The minimum Gasteiger partial charge on any atom is -0.491 e. The molecule has 10 heteroatoms. The minimum absolute atomic E-state index is 0.00295. The van der Waals surface area contributed by atoms with E-state index in [1.807, 2.05) is 29.2 Å². The van der Waals surface area contributed by atoms with Gasteiger partial charge in [0, 0.05) is 50.0 Å². The number of urea groups is 1. The van der Waals surface area contributed by atoms with E-state index in [1.165, 1.54) is 0 Å². The highest BCUT2D eigenvalue weighted by Gasteiger charge is 2.43. The average molecular weight is 594 g/mol. The Kier molecular flexibility index (Phi) is 6.90. The summed E-state index contributed by atoms with van der Waals surface area (Å²) in [5.74, 6) is 0.257. The molecule has 2 aliphatic heterocycles. The van der Waals surface area contributed by atoms with Gasteiger partial charge in [0.25, 0.3) is 5.91 Å². The number of pyridine rings is 1. The van der Waals surface area contributed by atoms with Crippen molar-refractivity contribution in [1.29, 1.82) is 0 Å². The molecule has 0 bridgehead atoms. The lowest BCUT2D eigenvalue weighted by molar-refractivity contribution is 0.0989. The third-order valence-electron chi connectivity index (χ3n) is 8.92. The molecule has 1 aliphatic carbocycles. The van der Waals surface area contributed by atoms with Gasteiger partial charge in [0.2, 0.25) is 0 Å². The van der Waals surface area contributed by atoms with Gasteiger partial charge in [-0.3, -0.25) is 4.79 Å². The number of hydrogen-bond donors (Lipinski definition) is 3. The van der Waals surface area contributed by atoms with Crippen LogP contribution in [0.2, 0.25) is 0 Å². The number of carbonyl (C=O) groups is 2. The van der Waals surface area contributed by atoms with Crippen LogP contribution in [-0.2, 0) is 12.2 Å². The maximum absolute atomic E-state index is 13.9. The number of rotatable bonds is 5. The zero-order chi connectivity index (χ0) is 30.6. The molecular formula is C34H35N5O5. The number of nitrogens with zero attached hydrogens (tertiary/aromatic N) is 4. The second-order valence-electron chi connectivity index (χ2n) is 11.9. The molecule has 3 aliphatic rings. The summed E-state index contributed by atoms with van der Waals surface area (Å²) in [6.45, 7) is 1.50. The minimum atomic E-state index is -0.821. The summed E-state index contributed by atoms with van der Waals surface area (Å²) < 4.78 is 5.99. The molecule has 0 radical (unpaired) electrons. The number of aromatic amines is 1. The van der Waals surface area contributed by atoms with Gasteiger partial charge in [0.15, 0.2) is 0 Å². The molecule has 1 fully saturated rings. The number of H-pyrrole nitrogens is 1. The second-order valence-corrected chi connectivity index (χ2v) is 11.9. The number of carbonyl (C=O) groups excluding carboxylic acids is 2. The summed E-state index contributed by atoms with van der Waals surface area (Å²) in [5, 5.41) is 22.2. The quantitative estimate of drug-likeness (QED) is 0.313. The van der Waals surface area contributed by atoms with Gasteiger partial charge in [0.1, 0.15) is 18.0 Å². The van der Waals surface area contributed by atoms with Crippen LogP contribution in [0.1, 0.15) is 46.4 Å². The van der Waals surface area contributed by atoms with Gasteiger partial charge in [-0.15, -0.1) is 0 Å². The standard InChI is InChI=1S/C34H35N5O5/c1-37(2)33(42)38-14-9-21(10-15-38)28-19-26-24(8-13-35-31(26)36-28)23-4-3-5-29(27(23)20-40)39-16-17-44-30-18-22(34(43)11-12-34)6-7-25(30)32(39)41/h3-9,13,18-19,40,43H,10-12,14-17,20H2,1-2H3,(H,35,36). The molecule has 4 aromatic rings. The van der Waals surface area contributed by atoms with Crippen molar-refractivity contribution in [2.45, 2.75) is 31.5 Å². The van der Waals surface area contributed by atoms with Crippen molar-refractivity contribution in [3.8, 4) is 16.9 Å². The van der Waals surface area contributed by atoms with Gasteiger partial charge in [0.05, 0.1) is 30.0 Å². The van der Waals surface area contributed by atoms with Crippen molar-refractivity contribution in [2.24, 2.45) is 0 Å². The molecule has 0 unspecified atom stereocenters. The number of fused-ring (bicyclic) bond motifs is 2. The third-order valence-corrected chi connectivity index (χ3v) is 8.92. The number of benzene rings is 2. The first-order valence-electron chi connectivity index (χ1n) is 15.0. The van der Waals surface area contributed by atoms with Gasteiger partial charge in [-0.05, 0) is 71.9 Å². The van der Waals surface area contributed by atoms with Crippen molar-refractivity contribution < 1.29 is 24.5 Å². The van der Waals surface area contributed by atoms with Gasteiger partial charge in [-0.2, -0.15) is 0 Å². The zero-order valence-corrected chi connectivity index (χ0v) is 24.8. The molecule has 0 spiro atoms. The molecule has 0 atom stereocenters. The molecule has 1 saturated carbocycles. The molecule has 7 rings (SSSR count). The fourth-order valence-corrected chi connectivity index (χ4v) is 6.29. The zero-order valence-electron chi connectivity index (χ0n) is 24.8. The van der Waals surface area contributed by atoms with E-state index in [2.05, 4.69) is 22.1 Å². The fraction of sp³-hybridized carbons (Fsp3) is 0.324. The van der Waals surface area contributed by atoms with Crippen LogP contribution in [0, 0.1) is 0 Å². The number of nitrogens with one attached hydrogen (secondary N) is 1. The highest BCUT2D eigenvalue weighted by molar-refractivity contribution is 6.09. The Bertz CT molecular complexity index is 1820. The van der Waals surface area contributed by atoms with Crippen LogP contribution in [-0.4, -0.2) is 82.3 Å². The Morgan fingerprint density at radius 1 is 1.09 bits per heavy atom. The van der Waals surface area contributed by atoms with E-state index in [4.69, 9.17) is 4.74 Å². The SMILES string of the molecule is CN(C)C(=O)N1CC=C(c2cc3c(-c4cccc(N5CCOc6cc(C7(O)CC7)ccc6C5=O)c4CO)ccnc3[nH]2)CC1. The van der Waals surface area contributed by atoms with Crippen molar-refractivity contribution in [3.63, 3.8) is 0 Å². The van der Waals surface area contributed by atoms with Crippen molar-refractivity contribution in [1.82, 2.24) is 19.8 Å². The van der Waals surface area contributed by atoms with Gasteiger partial charge < -0.3 is 34.6 Å². The number of ether oxygens (including phenoxy) is 1. The van der Waals surface area contributed by atoms with Crippen LogP contribution in [0.15, 0.2) is 60.8 Å². The number of hydrogen-bond acceptors (Lipinski definition) is 6.